The van der Waals surface area contributed by atoms with Gasteiger partial charge in [-0.2, -0.15) is 0 Å². The minimum Gasteiger partial charge on any atom is -0.466 e. The Morgan fingerprint density at radius 3 is 2.57 bits per heavy atom. The van der Waals surface area contributed by atoms with E-state index in [1.807, 2.05) is 43.1 Å². The van der Waals surface area contributed by atoms with Gasteiger partial charge in [0, 0.05) is 25.5 Å². The van der Waals surface area contributed by atoms with E-state index < -0.39 is 6.09 Å². The van der Waals surface area contributed by atoms with Gasteiger partial charge in [-0.3, -0.25) is 10.3 Å². The summed E-state index contributed by atoms with van der Waals surface area (Å²) >= 11 is 0. The molecule has 0 bridgehead atoms. The summed E-state index contributed by atoms with van der Waals surface area (Å²) in [6.07, 6.45) is 1.01. The van der Waals surface area contributed by atoms with Crippen molar-refractivity contribution < 1.29 is 13.9 Å². The number of aliphatic imine (C=N–C) groups is 1. The molecule has 1 aromatic heterocycles. The van der Waals surface area contributed by atoms with Gasteiger partial charge in [-0.05, 0) is 43.3 Å². The number of anilines is 2. The van der Waals surface area contributed by atoms with Crippen LogP contribution in [0.5, 0.6) is 0 Å². The number of hydrogen-bond donors (Lipinski definition) is 1. The van der Waals surface area contributed by atoms with Gasteiger partial charge in [-0.15, -0.1) is 12.4 Å². The number of carbonyl (C=O) groups excluding carboxylic acids is 1. The van der Waals surface area contributed by atoms with Gasteiger partial charge < -0.3 is 14.1 Å². The first kappa shape index (κ1) is 18.6. The van der Waals surface area contributed by atoms with Crippen LogP contribution in [0.2, 0.25) is 0 Å². The van der Waals surface area contributed by atoms with Gasteiger partial charge >= 0.3 is 6.09 Å². The lowest BCUT2D eigenvalue weighted by Gasteiger charge is -2.18. The molecule has 0 radical (unpaired) electrons. The molecule has 1 N–H and O–H groups in total. The lowest BCUT2D eigenvalue weighted by Crippen LogP contribution is -2.23. The highest BCUT2D eigenvalue weighted by molar-refractivity contribution is 5.95. The summed E-state index contributed by atoms with van der Waals surface area (Å²) in [6, 6.07) is 10.9. The number of halogens is 1. The highest BCUT2D eigenvalue weighted by Gasteiger charge is 2.07. The Bertz CT molecular complexity index is 639. The molecule has 6 nitrogen and oxygen atoms in total. The number of benzene rings is 1. The first-order valence-electron chi connectivity index (χ1n) is 6.83. The summed E-state index contributed by atoms with van der Waals surface area (Å²) in [5.41, 5.74) is 1.64. The first-order valence-corrected chi connectivity index (χ1v) is 6.83. The van der Waals surface area contributed by atoms with Gasteiger partial charge in [0.1, 0.15) is 5.76 Å². The van der Waals surface area contributed by atoms with Gasteiger partial charge in [0.05, 0.1) is 12.1 Å². The zero-order valence-corrected chi connectivity index (χ0v) is 14.1. The second-order valence-electron chi connectivity index (χ2n) is 4.66. The fourth-order valence-electron chi connectivity index (χ4n) is 1.79. The number of amides is 1. The maximum Gasteiger partial charge on any atom is 0.412 e. The zero-order chi connectivity index (χ0) is 15.9. The maximum atomic E-state index is 11.7. The van der Waals surface area contributed by atoms with Crippen LogP contribution in [0.15, 0.2) is 52.1 Å². The van der Waals surface area contributed by atoms with Crippen molar-refractivity contribution in [3.8, 4) is 0 Å². The molecule has 1 aromatic carbocycles. The summed E-state index contributed by atoms with van der Waals surface area (Å²) < 4.78 is 10.1. The van der Waals surface area contributed by atoms with Crippen molar-refractivity contribution in [2.24, 2.45) is 4.99 Å². The van der Waals surface area contributed by atoms with Crippen LogP contribution in [0.3, 0.4) is 0 Å². The fraction of sp³-hybridized carbons (Fsp3) is 0.250. The number of nitrogens with one attached hydrogen (secondary N) is 1. The number of hydrogen-bond acceptors (Lipinski definition) is 4. The largest absolute Gasteiger partial charge is 0.466 e. The average molecular weight is 338 g/mol. The van der Waals surface area contributed by atoms with E-state index in [-0.39, 0.29) is 19.0 Å². The molecule has 2 rings (SSSR count). The standard InChI is InChI=1S/C16H19N3O3.ClH/c1-12(17-2)19(3)14-8-6-13(7-9-14)18-16(20)22-11-15-5-4-10-21-15;/h4-10H,11H2,1-3H3,(H,18,20);1H. The second kappa shape index (κ2) is 8.85. The van der Waals surface area contributed by atoms with Gasteiger partial charge in [0.15, 0.2) is 6.61 Å². The number of furan rings is 1. The lowest BCUT2D eigenvalue weighted by molar-refractivity contribution is 0.146. The normalized spacial score (nSPS) is 10.7. The molecule has 0 saturated carbocycles. The topological polar surface area (TPSA) is 67.1 Å². The van der Waals surface area contributed by atoms with Crippen LogP contribution in [-0.4, -0.2) is 26.0 Å². The molecule has 0 aliphatic carbocycles. The SMILES string of the molecule is CN=C(C)N(C)c1ccc(NC(=O)OCc2ccco2)cc1.Cl. The number of amidine groups is 1. The van der Waals surface area contributed by atoms with Crippen LogP contribution in [-0.2, 0) is 11.3 Å². The molecule has 1 amide bonds. The summed E-state index contributed by atoms with van der Waals surface area (Å²) in [5.74, 6) is 1.50. The highest BCUT2D eigenvalue weighted by Crippen LogP contribution is 2.17. The minimum atomic E-state index is -0.524. The fourth-order valence-corrected chi connectivity index (χ4v) is 1.79. The van der Waals surface area contributed by atoms with Crippen molar-refractivity contribution in [3.05, 3.63) is 48.4 Å². The molecule has 0 saturated heterocycles. The summed E-state index contributed by atoms with van der Waals surface area (Å²) in [6.45, 7) is 2.03. The van der Waals surface area contributed by atoms with Crippen LogP contribution in [0.25, 0.3) is 0 Å². The number of carbonyl (C=O) groups is 1. The van der Waals surface area contributed by atoms with Crippen molar-refractivity contribution in [2.75, 3.05) is 24.3 Å². The summed E-state index contributed by atoms with van der Waals surface area (Å²) in [7, 11) is 3.68. The first-order chi connectivity index (χ1) is 10.6. The molecule has 2 aromatic rings. The van der Waals surface area contributed by atoms with E-state index in [9.17, 15) is 4.79 Å². The monoisotopic (exact) mass is 337 g/mol. The third-order valence-corrected chi connectivity index (χ3v) is 3.24. The van der Waals surface area contributed by atoms with E-state index in [4.69, 9.17) is 9.15 Å². The Morgan fingerprint density at radius 1 is 1.30 bits per heavy atom. The molecule has 0 fully saturated rings. The Balaban J connectivity index is 0.00000264. The van der Waals surface area contributed by atoms with Crippen molar-refractivity contribution in [1.82, 2.24) is 0 Å². The molecule has 0 unspecified atom stereocenters. The van der Waals surface area contributed by atoms with Gasteiger partial charge in [-0.25, -0.2) is 4.79 Å². The molecule has 0 spiro atoms. The molecule has 0 atom stereocenters. The summed E-state index contributed by atoms with van der Waals surface area (Å²) in [4.78, 5) is 17.8. The molecule has 0 aliphatic heterocycles. The third-order valence-electron chi connectivity index (χ3n) is 3.24. The molecule has 0 aliphatic rings. The highest BCUT2D eigenvalue weighted by atomic mass is 35.5. The maximum absolute atomic E-state index is 11.7. The third kappa shape index (κ3) is 5.34. The molecule has 124 valence electrons. The lowest BCUT2D eigenvalue weighted by atomic mass is 10.2. The van der Waals surface area contributed by atoms with Crippen molar-refractivity contribution in [3.63, 3.8) is 0 Å². The van der Waals surface area contributed by atoms with Crippen molar-refractivity contribution >= 4 is 35.7 Å². The van der Waals surface area contributed by atoms with Crippen LogP contribution >= 0.6 is 12.4 Å². The van der Waals surface area contributed by atoms with Crippen LogP contribution in [0.4, 0.5) is 16.2 Å². The molecule has 7 heteroatoms. The number of rotatable bonds is 4. The Hall–Kier alpha value is -2.47. The van der Waals surface area contributed by atoms with E-state index in [2.05, 4.69) is 10.3 Å². The van der Waals surface area contributed by atoms with Crippen molar-refractivity contribution in [1.29, 1.82) is 0 Å². The summed E-state index contributed by atoms with van der Waals surface area (Å²) in [5, 5.41) is 2.66. The van der Waals surface area contributed by atoms with Gasteiger partial charge in [0.2, 0.25) is 0 Å². The van der Waals surface area contributed by atoms with Gasteiger partial charge in [-0.1, -0.05) is 0 Å². The quantitative estimate of drug-likeness (QED) is 0.678. The molecule has 23 heavy (non-hydrogen) atoms. The predicted molar refractivity (Wildman–Crippen MR) is 93.6 cm³/mol. The molecular weight excluding hydrogens is 318 g/mol. The Labute approximate surface area is 141 Å². The van der Waals surface area contributed by atoms with E-state index in [1.54, 1.807) is 19.2 Å². The number of nitrogens with zero attached hydrogens (tertiary/aromatic N) is 2. The zero-order valence-electron chi connectivity index (χ0n) is 13.3. The Morgan fingerprint density at radius 2 is 2.00 bits per heavy atom. The minimum absolute atomic E-state index is 0. The molecule has 1 heterocycles. The van der Waals surface area contributed by atoms with Crippen LogP contribution < -0.4 is 10.2 Å². The smallest absolute Gasteiger partial charge is 0.412 e. The van der Waals surface area contributed by atoms with E-state index in [0.29, 0.717) is 11.4 Å². The van der Waals surface area contributed by atoms with Crippen LogP contribution in [0.1, 0.15) is 12.7 Å². The van der Waals surface area contributed by atoms with Crippen LogP contribution in [0, 0.1) is 0 Å². The number of ether oxygens (including phenoxy) is 1. The Kier molecular flexibility index (Phi) is 7.15. The van der Waals surface area contributed by atoms with E-state index in [0.717, 1.165) is 11.5 Å². The second-order valence-corrected chi connectivity index (χ2v) is 4.66. The average Bonchev–Trinajstić information content (AvgIpc) is 3.05. The molecular formula is C16H20ClN3O3. The van der Waals surface area contributed by atoms with E-state index >= 15 is 0 Å². The van der Waals surface area contributed by atoms with Crippen molar-refractivity contribution in [2.45, 2.75) is 13.5 Å². The van der Waals surface area contributed by atoms with Gasteiger partial charge in [0.25, 0.3) is 0 Å². The van der Waals surface area contributed by atoms with E-state index in [1.165, 1.54) is 6.26 Å². The predicted octanol–water partition coefficient (Wildman–Crippen LogP) is 3.93.